The van der Waals surface area contributed by atoms with Gasteiger partial charge in [-0.1, -0.05) is 72.8 Å². The third-order valence-corrected chi connectivity index (χ3v) is 6.27. The highest BCUT2D eigenvalue weighted by molar-refractivity contribution is 5.91. The van der Waals surface area contributed by atoms with Crippen LogP contribution in [0.15, 0.2) is 72.8 Å². The summed E-state index contributed by atoms with van der Waals surface area (Å²) in [6, 6.07) is 19.4. The van der Waals surface area contributed by atoms with Crippen LogP contribution in [0.2, 0.25) is 0 Å². The molecule has 5 rings (SSSR count). The molecular weight excluding hydrogens is 354 g/mol. The Morgan fingerprint density at radius 1 is 1.04 bits per heavy atom. The molecule has 2 fully saturated rings. The molecule has 1 spiro atoms. The van der Waals surface area contributed by atoms with E-state index in [1.165, 1.54) is 0 Å². The predicted molar refractivity (Wildman–Crippen MR) is 99.7 cm³/mol. The number of aliphatic carboxylic acids is 1. The Hall–Kier alpha value is -2.92. The second kappa shape index (κ2) is 6.31. The molecular formula is C23H20NO4-. The number of carboxylic acid groups (broad SMARTS) is 1. The van der Waals surface area contributed by atoms with Gasteiger partial charge in [0.2, 0.25) is 5.91 Å². The van der Waals surface area contributed by atoms with E-state index in [4.69, 9.17) is 4.74 Å². The van der Waals surface area contributed by atoms with Gasteiger partial charge in [-0.15, -0.1) is 0 Å². The molecule has 0 saturated carbocycles. The van der Waals surface area contributed by atoms with Crippen molar-refractivity contribution in [3.05, 3.63) is 83.9 Å². The summed E-state index contributed by atoms with van der Waals surface area (Å²) in [6.07, 6.45) is 3.72. The van der Waals surface area contributed by atoms with Gasteiger partial charge in [0.05, 0.1) is 18.1 Å². The van der Waals surface area contributed by atoms with E-state index in [0.717, 1.165) is 11.1 Å². The van der Waals surface area contributed by atoms with Crippen molar-refractivity contribution < 1.29 is 19.4 Å². The number of likely N-dealkylation sites (tertiary alicyclic amines) is 1. The van der Waals surface area contributed by atoms with E-state index < -0.39 is 29.5 Å². The fourth-order valence-electron chi connectivity index (χ4n) is 5.06. The first kappa shape index (κ1) is 17.2. The van der Waals surface area contributed by atoms with Crippen molar-refractivity contribution in [3.63, 3.8) is 0 Å². The molecule has 0 unspecified atom stereocenters. The van der Waals surface area contributed by atoms with Gasteiger partial charge in [-0.3, -0.25) is 4.79 Å². The first-order valence-electron chi connectivity index (χ1n) is 9.56. The topological polar surface area (TPSA) is 69.7 Å². The Morgan fingerprint density at radius 2 is 1.68 bits per heavy atom. The molecule has 5 atom stereocenters. The molecule has 142 valence electrons. The van der Waals surface area contributed by atoms with Gasteiger partial charge < -0.3 is 19.5 Å². The van der Waals surface area contributed by atoms with E-state index in [-0.39, 0.29) is 11.9 Å². The van der Waals surface area contributed by atoms with Gasteiger partial charge in [-0.05, 0) is 17.5 Å². The second-order valence-corrected chi connectivity index (χ2v) is 7.77. The molecule has 0 radical (unpaired) electrons. The maximum absolute atomic E-state index is 13.4. The van der Waals surface area contributed by atoms with Crippen molar-refractivity contribution in [2.75, 3.05) is 0 Å². The monoisotopic (exact) mass is 374 g/mol. The number of carbonyl (C=O) groups excluding carboxylic acids is 2. The third kappa shape index (κ3) is 2.43. The molecule has 5 heteroatoms. The number of carbonyl (C=O) groups is 2. The smallest absolute Gasteiger partial charge is 0.230 e. The highest BCUT2D eigenvalue weighted by Crippen LogP contribution is 2.55. The van der Waals surface area contributed by atoms with Crippen LogP contribution in [0.5, 0.6) is 0 Å². The number of ether oxygens (including phenoxy) is 1. The van der Waals surface area contributed by atoms with E-state index in [2.05, 4.69) is 0 Å². The Balaban J connectivity index is 1.56. The zero-order chi connectivity index (χ0) is 19.3. The van der Waals surface area contributed by atoms with Crippen LogP contribution in [0.4, 0.5) is 0 Å². The number of nitrogens with zero attached hydrogens (tertiary/aromatic N) is 1. The third-order valence-electron chi connectivity index (χ3n) is 6.27. The lowest BCUT2D eigenvalue weighted by Crippen LogP contribution is -2.47. The normalized spacial score (nSPS) is 32.7. The van der Waals surface area contributed by atoms with E-state index in [0.29, 0.717) is 13.0 Å². The Morgan fingerprint density at radius 3 is 2.32 bits per heavy atom. The number of hydrogen-bond donors (Lipinski definition) is 0. The molecule has 0 aromatic heterocycles. The highest BCUT2D eigenvalue weighted by Gasteiger charge is 2.69. The standard InChI is InChI=1S/C23H21NO4/c25-21-20-19(22(26)27)17-11-12-23(20,28-17)18(13-15-7-3-1-4-8-15)24(21)14-16-9-5-2-6-10-16/h1-12,17-20H,13-14H2,(H,26,27)/p-1/t17-,18-,19+,20+,23+/m0/s1. The molecule has 2 aromatic carbocycles. The molecule has 2 saturated heterocycles. The molecule has 3 aliphatic rings. The molecule has 0 aliphatic carbocycles. The van der Waals surface area contributed by atoms with Gasteiger partial charge in [0.1, 0.15) is 5.60 Å². The maximum Gasteiger partial charge on any atom is 0.230 e. The number of amides is 1. The number of hydrogen-bond acceptors (Lipinski definition) is 4. The fourth-order valence-corrected chi connectivity index (χ4v) is 5.06. The van der Waals surface area contributed by atoms with Crippen LogP contribution in [0, 0.1) is 11.8 Å². The SMILES string of the molecule is O=C([O-])[C@@H]1[C@@H]2C=C[C@@]3(O2)[C@H](Cc2ccccc2)N(Cc2ccccc2)C(=O)[C@@H]13. The van der Waals surface area contributed by atoms with Crippen LogP contribution < -0.4 is 5.11 Å². The van der Waals surface area contributed by atoms with E-state index in [1.807, 2.05) is 66.7 Å². The van der Waals surface area contributed by atoms with Crippen LogP contribution in [0.1, 0.15) is 11.1 Å². The van der Waals surface area contributed by atoms with Crippen LogP contribution in [0.3, 0.4) is 0 Å². The van der Waals surface area contributed by atoms with Gasteiger partial charge in [0.15, 0.2) is 0 Å². The fraction of sp³-hybridized carbons (Fsp3) is 0.304. The number of carboxylic acids is 1. The van der Waals surface area contributed by atoms with Gasteiger partial charge in [-0.2, -0.15) is 0 Å². The summed E-state index contributed by atoms with van der Waals surface area (Å²) in [5.74, 6) is -3.04. The lowest BCUT2D eigenvalue weighted by molar-refractivity contribution is -0.313. The molecule has 5 nitrogen and oxygen atoms in total. The van der Waals surface area contributed by atoms with Crippen molar-refractivity contribution in [2.24, 2.45) is 11.8 Å². The lowest BCUT2D eigenvalue weighted by Gasteiger charge is -2.33. The largest absolute Gasteiger partial charge is 0.550 e. The average Bonchev–Trinajstić information content (AvgIpc) is 3.34. The van der Waals surface area contributed by atoms with Crippen molar-refractivity contribution in [1.82, 2.24) is 4.90 Å². The van der Waals surface area contributed by atoms with Crippen LogP contribution in [-0.2, 0) is 27.3 Å². The van der Waals surface area contributed by atoms with Crippen molar-refractivity contribution in [3.8, 4) is 0 Å². The molecule has 28 heavy (non-hydrogen) atoms. The zero-order valence-electron chi connectivity index (χ0n) is 15.2. The minimum atomic E-state index is -1.21. The zero-order valence-corrected chi connectivity index (χ0v) is 15.2. The van der Waals surface area contributed by atoms with E-state index >= 15 is 0 Å². The molecule has 3 heterocycles. The highest BCUT2D eigenvalue weighted by atomic mass is 16.5. The molecule has 1 amide bonds. The first-order valence-corrected chi connectivity index (χ1v) is 9.56. The molecule has 3 aliphatic heterocycles. The van der Waals surface area contributed by atoms with Crippen LogP contribution in [-0.4, -0.2) is 34.5 Å². The first-order chi connectivity index (χ1) is 13.6. The summed E-state index contributed by atoms with van der Waals surface area (Å²) in [5, 5.41) is 11.8. The minimum absolute atomic E-state index is 0.161. The van der Waals surface area contributed by atoms with Crippen molar-refractivity contribution in [1.29, 1.82) is 0 Å². The van der Waals surface area contributed by atoms with E-state index in [9.17, 15) is 14.7 Å². The van der Waals surface area contributed by atoms with Gasteiger partial charge in [0.25, 0.3) is 0 Å². The minimum Gasteiger partial charge on any atom is -0.550 e. The maximum atomic E-state index is 13.4. The lowest BCUT2D eigenvalue weighted by atomic mass is 9.74. The number of benzene rings is 2. The molecule has 0 N–H and O–H groups in total. The quantitative estimate of drug-likeness (QED) is 0.741. The summed E-state index contributed by atoms with van der Waals surface area (Å²) >= 11 is 0. The van der Waals surface area contributed by atoms with Crippen LogP contribution in [0.25, 0.3) is 0 Å². The molecule has 2 aromatic rings. The van der Waals surface area contributed by atoms with Crippen LogP contribution >= 0.6 is 0 Å². The summed E-state index contributed by atoms with van der Waals surface area (Å²) in [5.41, 5.74) is 1.19. The summed E-state index contributed by atoms with van der Waals surface area (Å²) in [7, 11) is 0. The summed E-state index contributed by atoms with van der Waals surface area (Å²) in [4.78, 5) is 27.0. The second-order valence-electron chi connectivity index (χ2n) is 7.77. The Bertz CT molecular complexity index is 942. The summed E-state index contributed by atoms with van der Waals surface area (Å²) in [6.45, 7) is 0.428. The predicted octanol–water partition coefficient (Wildman–Crippen LogP) is 1.33. The molecule has 2 bridgehead atoms. The van der Waals surface area contributed by atoms with Crippen molar-refractivity contribution >= 4 is 11.9 Å². The van der Waals surface area contributed by atoms with Gasteiger partial charge in [0, 0.05) is 18.4 Å². The van der Waals surface area contributed by atoms with E-state index in [1.54, 1.807) is 11.0 Å². The van der Waals surface area contributed by atoms with Crippen molar-refractivity contribution in [2.45, 2.75) is 30.7 Å². The van der Waals surface area contributed by atoms with Gasteiger partial charge in [-0.25, -0.2) is 0 Å². The average molecular weight is 374 g/mol. The Labute approximate surface area is 163 Å². The van der Waals surface area contributed by atoms with Gasteiger partial charge >= 0.3 is 0 Å². The number of rotatable bonds is 5. The summed E-state index contributed by atoms with van der Waals surface area (Å²) < 4.78 is 6.19. The number of fused-ring (bicyclic) bond motifs is 1. The Kier molecular flexibility index (Phi) is 3.88.